The van der Waals surface area contributed by atoms with Crippen LogP contribution < -0.4 is 10.6 Å². The molecule has 9 heteroatoms. The normalized spacial score (nSPS) is 10.0. The highest BCUT2D eigenvalue weighted by atomic mass is 32.1. The molecule has 2 aromatic rings. The molecular weight excluding hydrogens is 326 g/mol. The van der Waals surface area contributed by atoms with Gasteiger partial charge in [-0.3, -0.25) is 14.9 Å². The fourth-order valence-electron chi connectivity index (χ4n) is 1.51. The van der Waals surface area contributed by atoms with Crippen LogP contribution in [0.4, 0.5) is 5.13 Å². The molecule has 2 aromatic heterocycles. The Morgan fingerprint density at radius 2 is 2.32 bits per heavy atom. The first-order chi connectivity index (χ1) is 10.6. The fraction of sp³-hybridized carbons (Fsp3) is 0.231. The first-order valence-corrected chi connectivity index (χ1v) is 7.63. The predicted octanol–water partition coefficient (Wildman–Crippen LogP) is 1.97. The fourth-order valence-corrected chi connectivity index (χ4v) is 2.47. The summed E-state index contributed by atoms with van der Waals surface area (Å²) in [5.41, 5.74) is 0.575. The summed E-state index contributed by atoms with van der Waals surface area (Å²) in [4.78, 5) is 27.3. The van der Waals surface area contributed by atoms with Crippen molar-refractivity contribution in [3.8, 4) is 0 Å². The van der Waals surface area contributed by atoms with Gasteiger partial charge >= 0.3 is 5.97 Å². The van der Waals surface area contributed by atoms with Crippen LogP contribution >= 0.6 is 23.6 Å². The quantitative estimate of drug-likeness (QED) is 0.635. The highest BCUT2D eigenvalue weighted by molar-refractivity contribution is 7.80. The molecule has 0 atom stereocenters. The van der Waals surface area contributed by atoms with Crippen molar-refractivity contribution in [2.45, 2.75) is 13.3 Å². The van der Waals surface area contributed by atoms with Gasteiger partial charge in [0.2, 0.25) is 0 Å². The molecule has 0 saturated heterocycles. The third-order valence-electron chi connectivity index (χ3n) is 2.38. The summed E-state index contributed by atoms with van der Waals surface area (Å²) < 4.78 is 9.80. The zero-order chi connectivity index (χ0) is 15.9. The summed E-state index contributed by atoms with van der Waals surface area (Å²) >= 11 is 6.29. The molecule has 0 aliphatic carbocycles. The molecule has 0 aromatic carbocycles. The molecule has 2 rings (SSSR count). The molecule has 0 fully saturated rings. The van der Waals surface area contributed by atoms with Gasteiger partial charge in [0.05, 0.1) is 25.0 Å². The number of thiocarbonyl (C=S) groups is 1. The average molecular weight is 339 g/mol. The van der Waals surface area contributed by atoms with Crippen molar-refractivity contribution in [3.05, 3.63) is 35.2 Å². The monoisotopic (exact) mass is 339 g/mol. The molecule has 22 heavy (non-hydrogen) atoms. The molecule has 7 nitrogen and oxygen atoms in total. The van der Waals surface area contributed by atoms with E-state index in [9.17, 15) is 9.59 Å². The van der Waals surface area contributed by atoms with Gasteiger partial charge in [0, 0.05) is 5.38 Å². The Balaban J connectivity index is 1.86. The number of ether oxygens (including phenoxy) is 1. The van der Waals surface area contributed by atoms with Gasteiger partial charge in [-0.05, 0) is 31.3 Å². The van der Waals surface area contributed by atoms with E-state index in [-0.39, 0.29) is 23.3 Å². The number of rotatable bonds is 5. The van der Waals surface area contributed by atoms with Crippen LogP contribution in [-0.2, 0) is 16.0 Å². The maximum atomic E-state index is 11.7. The lowest BCUT2D eigenvalue weighted by atomic mass is 10.3. The third-order valence-corrected chi connectivity index (χ3v) is 3.39. The number of nitrogens with one attached hydrogen (secondary N) is 2. The van der Waals surface area contributed by atoms with E-state index in [2.05, 4.69) is 15.6 Å². The largest absolute Gasteiger partial charge is 0.466 e. The number of amides is 1. The standard InChI is InChI=1S/C13H13N3O4S2/c1-2-19-10(17)6-8-7-22-13(14-8)16-12(21)15-11(18)9-4-3-5-20-9/h3-5,7H,2,6H2,1H3,(H2,14,15,16,18,21). The summed E-state index contributed by atoms with van der Waals surface area (Å²) in [6, 6.07) is 3.13. The minimum atomic E-state index is -0.453. The Morgan fingerprint density at radius 3 is 3.00 bits per heavy atom. The zero-order valence-electron chi connectivity index (χ0n) is 11.6. The number of furan rings is 1. The molecule has 0 aliphatic heterocycles. The molecule has 0 spiro atoms. The van der Waals surface area contributed by atoms with Crippen molar-refractivity contribution in [2.24, 2.45) is 0 Å². The first-order valence-electron chi connectivity index (χ1n) is 6.34. The summed E-state index contributed by atoms with van der Waals surface area (Å²) in [5.74, 6) is -0.634. The lowest BCUT2D eigenvalue weighted by Gasteiger charge is -2.05. The number of nitrogens with zero attached hydrogens (tertiary/aromatic N) is 1. The van der Waals surface area contributed by atoms with Crippen LogP contribution in [0.3, 0.4) is 0 Å². The van der Waals surface area contributed by atoms with E-state index in [1.165, 1.54) is 23.7 Å². The van der Waals surface area contributed by atoms with E-state index in [0.29, 0.717) is 17.4 Å². The van der Waals surface area contributed by atoms with E-state index >= 15 is 0 Å². The van der Waals surface area contributed by atoms with Gasteiger partial charge in [-0.15, -0.1) is 11.3 Å². The number of hydrogen-bond donors (Lipinski definition) is 2. The second kappa shape index (κ2) is 7.66. The maximum Gasteiger partial charge on any atom is 0.311 e. The number of aromatic nitrogens is 1. The second-order valence-electron chi connectivity index (χ2n) is 4.01. The Labute approximate surface area is 135 Å². The lowest BCUT2D eigenvalue weighted by Crippen LogP contribution is -2.33. The van der Waals surface area contributed by atoms with Gasteiger partial charge in [0.25, 0.3) is 5.91 Å². The maximum absolute atomic E-state index is 11.7. The molecule has 0 saturated carbocycles. The Kier molecular flexibility index (Phi) is 5.61. The third kappa shape index (κ3) is 4.64. The minimum absolute atomic E-state index is 0.0948. The number of thiazole rings is 1. The van der Waals surface area contributed by atoms with E-state index in [4.69, 9.17) is 21.4 Å². The Bertz CT molecular complexity index is 667. The van der Waals surface area contributed by atoms with Crippen LogP contribution in [0.1, 0.15) is 23.2 Å². The van der Waals surface area contributed by atoms with Gasteiger partial charge in [0.1, 0.15) is 0 Å². The first kappa shape index (κ1) is 16.1. The van der Waals surface area contributed by atoms with Gasteiger partial charge in [-0.25, -0.2) is 4.98 Å². The molecule has 2 heterocycles. The predicted molar refractivity (Wildman–Crippen MR) is 84.8 cm³/mol. The molecule has 1 amide bonds. The van der Waals surface area contributed by atoms with E-state index < -0.39 is 5.91 Å². The van der Waals surface area contributed by atoms with Crippen molar-refractivity contribution in [3.63, 3.8) is 0 Å². The smallest absolute Gasteiger partial charge is 0.311 e. The number of carbonyl (C=O) groups excluding carboxylic acids is 2. The molecule has 0 unspecified atom stereocenters. The Morgan fingerprint density at radius 1 is 1.50 bits per heavy atom. The number of carbonyl (C=O) groups is 2. The van der Waals surface area contributed by atoms with Crippen molar-refractivity contribution >= 4 is 45.7 Å². The molecule has 116 valence electrons. The molecule has 0 radical (unpaired) electrons. The van der Waals surface area contributed by atoms with Gasteiger partial charge in [-0.2, -0.15) is 0 Å². The topological polar surface area (TPSA) is 93.5 Å². The lowest BCUT2D eigenvalue weighted by molar-refractivity contribution is -0.142. The number of esters is 1. The Hall–Kier alpha value is -2.26. The van der Waals surface area contributed by atoms with E-state index in [0.717, 1.165) is 0 Å². The molecule has 0 bridgehead atoms. The zero-order valence-corrected chi connectivity index (χ0v) is 13.3. The SMILES string of the molecule is CCOC(=O)Cc1csc(NC(=S)NC(=O)c2ccco2)n1. The van der Waals surface area contributed by atoms with Crippen molar-refractivity contribution in [2.75, 3.05) is 11.9 Å². The van der Waals surface area contributed by atoms with Gasteiger partial charge in [0.15, 0.2) is 16.0 Å². The van der Waals surface area contributed by atoms with Gasteiger partial charge in [-0.1, -0.05) is 0 Å². The van der Waals surface area contributed by atoms with Crippen LogP contribution in [0.25, 0.3) is 0 Å². The van der Waals surface area contributed by atoms with Crippen LogP contribution in [0, 0.1) is 0 Å². The van der Waals surface area contributed by atoms with Crippen LogP contribution in [0.5, 0.6) is 0 Å². The average Bonchev–Trinajstić information content (AvgIpc) is 3.10. The number of anilines is 1. The van der Waals surface area contributed by atoms with Crippen molar-refractivity contribution in [1.29, 1.82) is 0 Å². The van der Waals surface area contributed by atoms with Crippen LogP contribution in [-0.4, -0.2) is 28.6 Å². The second-order valence-corrected chi connectivity index (χ2v) is 5.28. The highest BCUT2D eigenvalue weighted by Gasteiger charge is 2.12. The van der Waals surface area contributed by atoms with Gasteiger partial charge < -0.3 is 14.5 Å². The molecule has 0 aliphatic rings. The van der Waals surface area contributed by atoms with Crippen molar-refractivity contribution < 1.29 is 18.7 Å². The van der Waals surface area contributed by atoms with E-state index in [1.807, 2.05) is 0 Å². The molecular formula is C13H13N3O4S2. The summed E-state index contributed by atoms with van der Waals surface area (Å²) in [6.45, 7) is 2.07. The summed E-state index contributed by atoms with van der Waals surface area (Å²) in [5, 5.41) is 7.53. The summed E-state index contributed by atoms with van der Waals surface area (Å²) in [6.07, 6.45) is 1.49. The highest BCUT2D eigenvalue weighted by Crippen LogP contribution is 2.16. The minimum Gasteiger partial charge on any atom is -0.466 e. The molecule has 2 N–H and O–H groups in total. The summed E-state index contributed by atoms with van der Waals surface area (Å²) in [7, 11) is 0. The van der Waals surface area contributed by atoms with Crippen LogP contribution in [0.2, 0.25) is 0 Å². The van der Waals surface area contributed by atoms with Crippen LogP contribution in [0.15, 0.2) is 28.2 Å². The van der Waals surface area contributed by atoms with E-state index in [1.54, 1.807) is 18.4 Å². The van der Waals surface area contributed by atoms with Crippen molar-refractivity contribution in [1.82, 2.24) is 10.3 Å². The number of hydrogen-bond acceptors (Lipinski definition) is 7.